The highest BCUT2D eigenvalue weighted by Crippen LogP contribution is 2.22. The summed E-state index contributed by atoms with van der Waals surface area (Å²) in [5.74, 6) is -0.129. The third-order valence-corrected chi connectivity index (χ3v) is 2.71. The first-order chi connectivity index (χ1) is 8.54. The highest BCUT2D eigenvalue weighted by atomic mass is 79.9. The van der Waals surface area contributed by atoms with Crippen molar-refractivity contribution in [3.8, 4) is 0 Å². The van der Waals surface area contributed by atoms with Crippen molar-refractivity contribution in [2.75, 3.05) is 13.1 Å². The molecule has 98 valence electrons. The third kappa shape index (κ3) is 4.42. The van der Waals surface area contributed by atoms with Crippen LogP contribution in [0.5, 0.6) is 0 Å². The number of hydrogen-bond donors (Lipinski definition) is 2. The number of nitrogens with zero attached hydrogens (tertiary/aromatic N) is 1. The predicted octanol–water partition coefficient (Wildman–Crippen LogP) is 1.58. The van der Waals surface area contributed by atoms with Crippen LogP contribution in [0.25, 0.3) is 0 Å². The largest absolute Gasteiger partial charge is 0.355 e. The normalized spacial score (nSPS) is 10.1. The molecule has 7 heteroatoms. The van der Waals surface area contributed by atoms with Gasteiger partial charge >= 0.3 is 0 Å². The number of benzene rings is 1. The smallest absolute Gasteiger partial charge is 0.273 e. The molecule has 1 rings (SSSR count). The number of nitro benzene ring substituents is 1. The van der Waals surface area contributed by atoms with Gasteiger partial charge in [0.2, 0.25) is 5.91 Å². The number of halogens is 1. The van der Waals surface area contributed by atoms with Crippen molar-refractivity contribution in [1.82, 2.24) is 10.6 Å². The van der Waals surface area contributed by atoms with Crippen LogP contribution < -0.4 is 10.6 Å². The van der Waals surface area contributed by atoms with Crippen molar-refractivity contribution in [3.05, 3.63) is 38.3 Å². The van der Waals surface area contributed by atoms with Crippen LogP contribution in [-0.2, 0) is 11.3 Å². The Bertz CT molecular complexity index is 451. The molecular formula is C11H14BrN3O3. The van der Waals surface area contributed by atoms with Gasteiger partial charge in [-0.2, -0.15) is 0 Å². The topological polar surface area (TPSA) is 84.3 Å². The average Bonchev–Trinajstić information content (AvgIpc) is 2.29. The molecule has 1 amide bonds. The van der Waals surface area contributed by atoms with Gasteiger partial charge in [-0.3, -0.25) is 14.9 Å². The molecule has 0 fully saturated rings. The summed E-state index contributed by atoms with van der Waals surface area (Å²) in [5, 5.41) is 16.3. The maximum Gasteiger partial charge on any atom is 0.273 e. The Morgan fingerprint density at radius 1 is 1.50 bits per heavy atom. The number of carbonyl (C=O) groups is 1. The van der Waals surface area contributed by atoms with Crippen LogP contribution in [0.15, 0.2) is 22.7 Å². The average molecular weight is 316 g/mol. The summed E-state index contributed by atoms with van der Waals surface area (Å²) < 4.78 is 0.767. The highest BCUT2D eigenvalue weighted by Gasteiger charge is 2.13. The standard InChI is InChI=1S/C11H14BrN3O3/c1-2-14-11(16)7-13-6-8-5-9(12)3-4-10(8)15(17)18/h3-5,13H,2,6-7H2,1H3,(H,14,16). The van der Waals surface area contributed by atoms with Gasteiger partial charge in [-0.1, -0.05) is 15.9 Å². The first-order valence-electron chi connectivity index (χ1n) is 5.44. The Morgan fingerprint density at radius 2 is 2.22 bits per heavy atom. The molecular weight excluding hydrogens is 302 g/mol. The van der Waals surface area contributed by atoms with Gasteiger partial charge in [-0.25, -0.2) is 0 Å². The maximum atomic E-state index is 11.2. The number of hydrogen-bond acceptors (Lipinski definition) is 4. The van der Waals surface area contributed by atoms with Gasteiger partial charge in [0, 0.05) is 29.2 Å². The SMILES string of the molecule is CCNC(=O)CNCc1cc(Br)ccc1[N+](=O)[O-]. The molecule has 0 aliphatic rings. The van der Waals surface area contributed by atoms with E-state index in [1.165, 1.54) is 6.07 Å². The summed E-state index contributed by atoms with van der Waals surface area (Å²) in [6, 6.07) is 4.72. The molecule has 0 aromatic heterocycles. The fourth-order valence-electron chi connectivity index (χ4n) is 1.44. The van der Waals surface area contributed by atoms with E-state index in [9.17, 15) is 14.9 Å². The molecule has 1 aromatic rings. The van der Waals surface area contributed by atoms with E-state index < -0.39 is 4.92 Å². The summed E-state index contributed by atoms with van der Waals surface area (Å²) in [4.78, 5) is 21.6. The van der Waals surface area contributed by atoms with Crippen molar-refractivity contribution < 1.29 is 9.72 Å². The minimum absolute atomic E-state index is 0.0431. The quantitative estimate of drug-likeness (QED) is 0.616. The van der Waals surface area contributed by atoms with Gasteiger partial charge in [0.15, 0.2) is 0 Å². The molecule has 0 radical (unpaired) electrons. The lowest BCUT2D eigenvalue weighted by molar-refractivity contribution is -0.385. The van der Waals surface area contributed by atoms with Crippen LogP contribution in [-0.4, -0.2) is 23.9 Å². The Morgan fingerprint density at radius 3 is 2.83 bits per heavy atom. The summed E-state index contributed by atoms with van der Waals surface area (Å²) in [6.45, 7) is 2.80. The zero-order chi connectivity index (χ0) is 13.5. The van der Waals surface area contributed by atoms with E-state index in [0.717, 1.165) is 4.47 Å². The van der Waals surface area contributed by atoms with E-state index >= 15 is 0 Å². The first-order valence-corrected chi connectivity index (χ1v) is 6.24. The lowest BCUT2D eigenvalue weighted by Crippen LogP contribution is -2.33. The fourth-order valence-corrected chi connectivity index (χ4v) is 1.85. The zero-order valence-electron chi connectivity index (χ0n) is 9.90. The van der Waals surface area contributed by atoms with Crippen molar-refractivity contribution in [3.63, 3.8) is 0 Å². The highest BCUT2D eigenvalue weighted by molar-refractivity contribution is 9.10. The molecule has 0 spiro atoms. The lowest BCUT2D eigenvalue weighted by Gasteiger charge is -2.06. The van der Waals surface area contributed by atoms with Crippen molar-refractivity contribution >= 4 is 27.5 Å². The first kappa shape index (κ1) is 14.6. The van der Waals surface area contributed by atoms with E-state index in [1.54, 1.807) is 12.1 Å². The Hall–Kier alpha value is -1.47. The Balaban J connectivity index is 2.63. The lowest BCUT2D eigenvalue weighted by atomic mass is 10.2. The van der Waals surface area contributed by atoms with Crippen LogP contribution in [0.2, 0.25) is 0 Å². The van der Waals surface area contributed by atoms with Gasteiger partial charge in [-0.05, 0) is 19.1 Å². The molecule has 2 N–H and O–H groups in total. The second-order valence-electron chi connectivity index (χ2n) is 3.59. The Labute approximate surface area is 113 Å². The zero-order valence-corrected chi connectivity index (χ0v) is 11.5. The van der Waals surface area contributed by atoms with Crippen molar-refractivity contribution in [1.29, 1.82) is 0 Å². The minimum Gasteiger partial charge on any atom is -0.355 e. The molecule has 18 heavy (non-hydrogen) atoms. The second-order valence-corrected chi connectivity index (χ2v) is 4.50. The fraction of sp³-hybridized carbons (Fsp3) is 0.364. The molecule has 0 atom stereocenters. The van der Waals surface area contributed by atoms with Crippen molar-refractivity contribution in [2.45, 2.75) is 13.5 Å². The monoisotopic (exact) mass is 315 g/mol. The van der Waals surface area contributed by atoms with Crippen LogP contribution in [0, 0.1) is 10.1 Å². The van der Waals surface area contributed by atoms with Gasteiger partial charge in [0.1, 0.15) is 0 Å². The van der Waals surface area contributed by atoms with Gasteiger partial charge in [0.25, 0.3) is 5.69 Å². The molecule has 6 nitrogen and oxygen atoms in total. The van der Waals surface area contributed by atoms with Crippen LogP contribution in [0.1, 0.15) is 12.5 Å². The molecule has 0 aliphatic heterocycles. The van der Waals surface area contributed by atoms with Crippen molar-refractivity contribution in [2.24, 2.45) is 0 Å². The third-order valence-electron chi connectivity index (χ3n) is 2.21. The van der Waals surface area contributed by atoms with Gasteiger partial charge < -0.3 is 10.6 Å². The summed E-state index contributed by atoms with van der Waals surface area (Å²) in [5.41, 5.74) is 0.584. The molecule has 0 unspecified atom stereocenters. The second kappa shape index (κ2) is 7.07. The minimum atomic E-state index is -0.435. The van der Waals surface area contributed by atoms with E-state index in [2.05, 4.69) is 26.6 Å². The van der Waals surface area contributed by atoms with E-state index in [4.69, 9.17) is 0 Å². The van der Waals surface area contributed by atoms with Gasteiger partial charge in [-0.15, -0.1) is 0 Å². The molecule has 0 saturated carbocycles. The predicted molar refractivity (Wildman–Crippen MR) is 71.2 cm³/mol. The summed E-state index contributed by atoms with van der Waals surface area (Å²) in [7, 11) is 0. The maximum absolute atomic E-state index is 11.2. The molecule has 0 heterocycles. The van der Waals surface area contributed by atoms with Crippen LogP contribution in [0.4, 0.5) is 5.69 Å². The molecule has 0 aliphatic carbocycles. The summed E-state index contributed by atoms with van der Waals surface area (Å²) in [6.07, 6.45) is 0. The molecule has 0 saturated heterocycles. The number of amides is 1. The number of rotatable bonds is 6. The number of nitrogens with one attached hydrogen (secondary N) is 2. The number of carbonyl (C=O) groups excluding carboxylic acids is 1. The number of likely N-dealkylation sites (N-methyl/N-ethyl adjacent to an activating group) is 1. The molecule has 1 aromatic carbocycles. The van der Waals surface area contributed by atoms with Crippen LogP contribution >= 0.6 is 15.9 Å². The van der Waals surface area contributed by atoms with Gasteiger partial charge in [0.05, 0.1) is 11.5 Å². The molecule has 0 bridgehead atoms. The number of nitro groups is 1. The van der Waals surface area contributed by atoms with E-state index in [-0.39, 0.29) is 24.7 Å². The van der Waals surface area contributed by atoms with E-state index in [0.29, 0.717) is 12.1 Å². The van der Waals surface area contributed by atoms with E-state index in [1.807, 2.05) is 6.92 Å². The Kier molecular flexibility index (Phi) is 5.73. The van der Waals surface area contributed by atoms with Crippen LogP contribution in [0.3, 0.4) is 0 Å². The summed E-state index contributed by atoms with van der Waals surface area (Å²) >= 11 is 3.26.